The summed E-state index contributed by atoms with van der Waals surface area (Å²) in [5, 5.41) is 0. The lowest BCUT2D eigenvalue weighted by Crippen LogP contribution is -2.33. The van der Waals surface area contributed by atoms with Crippen molar-refractivity contribution < 1.29 is 0 Å². The molecule has 1 aromatic heterocycles. The van der Waals surface area contributed by atoms with Crippen molar-refractivity contribution >= 4 is 11.6 Å². The van der Waals surface area contributed by atoms with Crippen LogP contribution in [-0.4, -0.2) is 48.6 Å². The van der Waals surface area contributed by atoms with Crippen LogP contribution in [-0.2, 0) is 0 Å². The van der Waals surface area contributed by atoms with Gasteiger partial charge in [0.05, 0.1) is 0 Å². The van der Waals surface area contributed by atoms with Gasteiger partial charge in [0, 0.05) is 31.6 Å². The Bertz CT molecular complexity index is 414. The second-order valence-electron chi connectivity index (χ2n) is 5.57. The highest BCUT2D eigenvalue weighted by atomic mass is 15.2. The topological polar surface area (TPSA) is 58.3 Å². The van der Waals surface area contributed by atoms with Crippen LogP contribution in [0.1, 0.15) is 37.9 Å². The van der Waals surface area contributed by atoms with Gasteiger partial charge < -0.3 is 15.5 Å². The van der Waals surface area contributed by atoms with Crippen molar-refractivity contribution in [3.8, 4) is 0 Å². The molecule has 5 nitrogen and oxygen atoms in total. The van der Waals surface area contributed by atoms with Gasteiger partial charge in [0.1, 0.15) is 17.5 Å². The Morgan fingerprint density at radius 3 is 2.53 bits per heavy atom. The molecule has 0 radical (unpaired) electrons. The zero-order valence-electron chi connectivity index (χ0n) is 12.3. The average Bonchev–Trinajstić information content (AvgIpc) is 3.17. The molecule has 2 rings (SSSR count). The summed E-state index contributed by atoms with van der Waals surface area (Å²) in [6, 6.07) is 1.90. The third-order valence-corrected chi connectivity index (χ3v) is 3.33. The van der Waals surface area contributed by atoms with Crippen LogP contribution in [0.5, 0.6) is 0 Å². The van der Waals surface area contributed by atoms with Crippen LogP contribution in [0.2, 0.25) is 0 Å². The Kier molecular flexibility index (Phi) is 4.58. The first-order chi connectivity index (χ1) is 9.10. The third-order valence-electron chi connectivity index (χ3n) is 3.33. The third kappa shape index (κ3) is 4.06. The van der Waals surface area contributed by atoms with Crippen LogP contribution in [0.4, 0.5) is 11.6 Å². The number of hydrogen-bond acceptors (Lipinski definition) is 5. The molecule has 1 heterocycles. The maximum atomic E-state index is 5.93. The van der Waals surface area contributed by atoms with Gasteiger partial charge >= 0.3 is 0 Å². The molecule has 0 unspecified atom stereocenters. The maximum Gasteiger partial charge on any atom is 0.136 e. The molecule has 106 valence electrons. The molecule has 19 heavy (non-hydrogen) atoms. The van der Waals surface area contributed by atoms with Crippen LogP contribution in [0.15, 0.2) is 6.07 Å². The van der Waals surface area contributed by atoms with Gasteiger partial charge in [0.2, 0.25) is 0 Å². The number of anilines is 2. The van der Waals surface area contributed by atoms with Crippen LogP contribution in [0.25, 0.3) is 0 Å². The van der Waals surface area contributed by atoms with Gasteiger partial charge in [0.25, 0.3) is 0 Å². The van der Waals surface area contributed by atoms with Crippen LogP contribution < -0.4 is 10.6 Å². The molecule has 0 spiro atoms. The van der Waals surface area contributed by atoms with Crippen molar-refractivity contribution in [1.29, 1.82) is 0 Å². The van der Waals surface area contributed by atoms with Crippen molar-refractivity contribution in [3.63, 3.8) is 0 Å². The lowest BCUT2D eigenvalue weighted by atomic mass is 10.3. The van der Waals surface area contributed by atoms with Crippen LogP contribution in [0, 0.1) is 0 Å². The highest BCUT2D eigenvalue weighted by Gasteiger charge is 2.27. The molecular formula is C14H25N5. The fourth-order valence-corrected chi connectivity index (χ4v) is 2.09. The van der Waals surface area contributed by atoms with E-state index in [0.29, 0.717) is 11.7 Å². The zero-order valence-corrected chi connectivity index (χ0v) is 12.3. The molecule has 0 amide bonds. The van der Waals surface area contributed by atoms with Gasteiger partial charge in [-0.15, -0.1) is 0 Å². The molecule has 1 saturated carbocycles. The first-order valence-corrected chi connectivity index (χ1v) is 7.14. The fraction of sp³-hybridized carbons (Fsp3) is 0.714. The van der Waals surface area contributed by atoms with E-state index in [9.17, 15) is 0 Å². The Morgan fingerprint density at radius 2 is 1.95 bits per heavy atom. The molecule has 5 heteroatoms. The quantitative estimate of drug-likeness (QED) is 0.811. The summed E-state index contributed by atoms with van der Waals surface area (Å²) in [5.74, 6) is 3.05. The number of hydrogen-bond donors (Lipinski definition) is 1. The van der Waals surface area contributed by atoms with Gasteiger partial charge in [-0.05, 0) is 33.4 Å². The lowest BCUT2D eigenvalue weighted by Gasteiger charge is -2.25. The van der Waals surface area contributed by atoms with Crippen LogP contribution in [0.3, 0.4) is 0 Å². The number of aromatic nitrogens is 2. The molecule has 1 aromatic rings. The van der Waals surface area contributed by atoms with Crippen molar-refractivity contribution in [2.75, 3.05) is 44.4 Å². The molecule has 0 atom stereocenters. The zero-order chi connectivity index (χ0) is 13.8. The molecule has 0 bridgehead atoms. The summed E-state index contributed by atoms with van der Waals surface area (Å²) in [5.41, 5.74) is 5.93. The monoisotopic (exact) mass is 263 g/mol. The van der Waals surface area contributed by atoms with Crippen molar-refractivity contribution in [2.24, 2.45) is 0 Å². The molecule has 2 N–H and O–H groups in total. The highest BCUT2D eigenvalue weighted by molar-refractivity contribution is 5.47. The molecule has 1 aliphatic carbocycles. The van der Waals surface area contributed by atoms with Crippen molar-refractivity contribution in [1.82, 2.24) is 14.9 Å². The van der Waals surface area contributed by atoms with Gasteiger partial charge in [0.15, 0.2) is 0 Å². The Labute approximate surface area is 115 Å². The van der Waals surface area contributed by atoms with Crippen molar-refractivity contribution in [2.45, 2.75) is 32.1 Å². The van der Waals surface area contributed by atoms with E-state index in [-0.39, 0.29) is 0 Å². The summed E-state index contributed by atoms with van der Waals surface area (Å²) in [6.45, 7) is 5.19. The molecule has 1 fully saturated rings. The second-order valence-corrected chi connectivity index (χ2v) is 5.57. The number of likely N-dealkylation sites (N-methyl/N-ethyl adjacent to an activating group) is 1. The SMILES string of the molecule is CCCN(CCN(C)C)c1cc(N)nc(C2CC2)n1. The average molecular weight is 263 g/mol. The molecule has 0 aromatic carbocycles. The van der Waals surface area contributed by atoms with E-state index in [0.717, 1.165) is 37.7 Å². The maximum absolute atomic E-state index is 5.93. The number of nitrogens with two attached hydrogens (primary N) is 1. The lowest BCUT2D eigenvalue weighted by molar-refractivity contribution is 0.412. The summed E-state index contributed by atoms with van der Waals surface area (Å²) < 4.78 is 0. The van der Waals surface area contributed by atoms with E-state index >= 15 is 0 Å². The first-order valence-electron chi connectivity index (χ1n) is 7.14. The normalized spacial score (nSPS) is 14.9. The van der Waals surface area contributed by atoms with E-state index in [1.165, 1.54) is 12.8 Å². The van der Waals surface area contributed by atoms with Gasteiger partial charge in [-0.1, -0.05) is 6.92 Å². The summed E-state index contributed by atoms with van der Waals surface area (Å²) in [7, 11) is 4.18. The van der Waals surface area contributed by atoms with Gasteiger partial charge in [-0.3, -0.25) is 0 Å². The van der Waals surface area contributed by atoms with E-state index in [1.807, 2.05) is 6.07 Å². The minimum absolute atomic E-state index is 0.541. The minimum atomic E-state index is 0.541. The standard InChI is InChI=1S/C14H25N5/c1-4-7-19(9-8-18(2)3)13-10-12(15)16-14(17-13)11-5-6-11/h10-11H,4-9H2,1-3H3,(H2,15,16,17). The number of nitrogens with zero attached hydrogens (tertiary/aromatic N) is 4. The summed E-state index contributed by atoms with van der Waals surface area (Å²) in [4.78, 5) is 13.6. The van der Waals surface area contributed by atoms with Gasteiger partial charge in [-0.2, -0.15) is 0 Å². The Hall–Kier alpha value is -1.36. The Balaban J connectivity index is 2.14. The smallest absolute Gasteiger partial charge is 0.136 e. The summed E-state index contributed by atoms with van der Waals surface area (Å²) in [6.07, 6.45) is 3.51. The predicted octanol–water partition coefficient (Wildman–Crippen LogP) is 1.71. The van der Waals surface area contributed by atoms with Crippen molar-refractivity contribution in [3.05, 3.63) is 11.9 Å². The molecule has 0 aliphatic heterocycles. The minimum Gasteiger partial charge on any atom is -0.384 e. The molecule has 1 aliphatic rings. The molecule has 0 saturated heterocycles. The molecular weight excluding hydrogens is 238 g/mol. The largest absolute Gasteiger partial charge is 0.384 e. The first kappa shape index (κ1) is 14.1. The van der Waals surface area contributed by atoms with Gasteiger partial charge in [-0.25, -0.2) is 9.97 Å². The van der Waals surface area contributed by atoms with E-state index in [2.05, 4.69) is 35.8 Å². The number of rotatable bonds is 7. The second kappa shape index (κ2) is 6.19. The Morgan fingerprint density at radius 1 is 1.21 bits per heavy atom. The van der Waals surface area contributed by atoms with E-state index in [4.69, 9.17) is 10.7 Å². The highest BCUT2D eigenvalue weighted by Crippen LogP contribution is 2.38. The fourth-order valence-electron chi connectivity index (χ4n) is 2.09. The summed E-state index contributed by atoms with van der Waals surface area (Å²) >= 11 is 0. The van der Waals surface area contributed by atoms with E-state index < -0.39 is 0 Å². The predicted molar refractivity (Wildman–Crippen MR) is 79.5 cm³/mol. The van der Waals surface area contributed by atoms with Crippen LogP contribution >= 0.6 is 0 Å². The number of nitrogen functional groups attached to an aromatic ring is 1. The van der Waals surface area contributed by atoms with E-state index in [1.54, 1.807) is 0 Å².